The third-order valence-electron chi connectivity index (χ3n) is 3.50. The summed E-state index contributed by atoms with van der Waals surface area (Å²) < 4.78 is 6.97. The van der Waals surface area contributed by atoms with Gasteiger partial charge in [-0.2, -0.15) is 14.6 Å². The number of hydrogen-bond acceptors (Lipinski definition) is 5. The molecule has 0 radical (unpaired) electrons. The van der Waals surface area contributed by atoms with Crippen LogP contribution in [0.15, 0.2) is 30.6 Å². The molecule has 1 N–H and O–H groups in total. The molecule has 0 unspecified atom stereocenters. The Labute approximate surface area is 122 Å². The summed E-state index contributed by atoms with van der Waals surface area (Å²) in [6.45, 7) is 4.68. The van der Waals surface area contributed by atoms with E-state index in [4.69, 9.17) is 4.74 Å². The van der Waals surface area contributed by atoms with Gasteiger partial charge in [0.25, 0.3) is 5.78 Å². The quantitative estimate of drug-likeness (QED) is 0.796. The standard InChI is InChI=1S/C15H17N5O/c1-10-11(2)19-15-17-9-18-20(15)14(10)16-8-12-5-4-6-13(7-12)21-3/h4-7,9,16H,8H2,1-3H3. The average molecular weight is 283 g/mol. The zero-order chi connectivity index (χ0) is 14.8. The van der Waals surface area contributed by atoms with Crippen LogP contribution in [0.3, 0.4) is 0 Å². The first-order valence-corrected chi connectivity index (χ1v) is 6.73. The molecule has 2 aromatic heterocycles. The van der Waals surface area contributed by atoms with Crippen LogP contribution in [-0.2, 0) is 6.54 Å². The highest BCUT2D eigenvalue weighted by Gasteiger charge is 2.10. The average Bonchev–Trinajstić information content (AvgIpc) is 2.95. The number of nitrogens with one attached hydrogen (secondary N) is 1. The van der Waals surface area contributed by atoms with Crippen molar-refractivity contribution in [3.8, 4) is 5.75 Å². The molecule has 0 aliphatic rings. The molecule has 0 aliphatic carbocycles. The Hall–Kier alpha value is -2.63. The van der Waals surface area contributed by atoms with E-state index in [2.05, 4.69) is 26.4 Å². The van der Waals surface area contributed by atoms with E-state index in [1.165, 1.54) is 6.33 Å². The lowest BCUT2D eigenvalue weighted by Crippen LogP contribution is -2.09. The molecular formula is C15H17N5O. The number of rotatable bonds is 4. The van der Waals surface area contributed by atoms with Gasteiger partial charge in [-0.15, -0.1) is 0 Å². The van der Waals surface area contributed by atoms with Gasteiger partial charge in [-0.1, -0.05) is 12.1 Å². The van der Waals surface area contributed by atoms with Crippen LogP contribution in [0.2, 0.25) is 0 Å². The number of methoxy groups -OCH3 is 1. The molecule has 3 aromatic rings. The van der Waals surface area contributed by atoms with Gasteiger partial charge in [0, 0.05) is 17.8 Å². The molecule has 0 amide bonds. The molecule has 0 bridgehead atoms. The number of hydrogen-bond donors (Lipinski definition) is 1. The molecule has 0 atom stereocenters. The van der Waals surface area contributed by atoms with Crippen molar-refractivity contribution in [3.63, 3.8) is 0 Å². The van der Waals surface area contributed by atoms with Gasteiger partial charge in [-0.25, -0.2) is 4.98 Å². The summed E-state index contributed by atoms with van der Waals surface area (Å²) in [6.07, 6.45) is 1.51. The molecule has 0 spiro atoms. The number of benzene rings is 1. The number of aromatic nitrogens is 4. The van der Waals surface area contributed by atoms with E-state index in [1.807, 2.05) is 32.0 Å². The van der Waals surface area contributed by atoms with Crippen LogP contribution in [0.25, 0.3) is 5.78 Å². The van der Waals surface area contributed by atoms with Crippen molar-refractivity contribution < 1.29 is 4.74 Å². The topological polar surface area (TPSA) is 64.3 Å². The maximum atomic E-state index is 5.24. The highest BCUT2D eigenvalue weighted by atomic mass is 16.5. The van der Waals surface area contributed by atoms with Crippen LogP contribution in [0.1, 0.15) is 16.8 Å². The fourth-order valence-electron chi connectivity index (χ4n) is 2.21. The third-order valence-corrected chi connectivity index (χ3v) is 3.50. The van der Waals surface area contributed by atoms with Gasteiger partial charge in [0.2, 0.25) is 0 Å². The van der Waals surface area contributed by atoms with Gasteiger partial charge in [-0.05, 0) is 31.5 Å². The number of anilines is 1. The van der Waals surface area contributed by atoms with Crippen LogP contribution >= 0.6 is 0 Å². The van der Waals surface area contributed by atoms with Crippen LogP contribution < -0.4 is 10.1 Å². The molecule has 6 nitrogen and oxygen atoms in total. The second-order valence-corrected chi connectivity index (χ2v) is 4.85. The van der Waals surface area contributed by atoms with Crippen molar-refractivity contribution in [2.75, 3.05) is 12.4 Å². The minimum atomic E-state index is 0.603. The Morgan fingerprint density at radius 2 is 2.14 bits per heavy atom. The van der Waals surface area contributed by atoms with Crippen molar-refractivity contribution in [1.29, 1.82) is 0 Å². The summed E-state index contributed by atoms with van der Waals surface area (Å²) in [5.74, 6) is 2.37. The number of nitrogens with zero attached hydrogens (tertiary/aromatic N) is 4. The van der Waals surface area contributed by atoms with Crippen LogP contribution in [0.4, 0.5) is 5.82 Å². The molecule has 0 saturated heterocycles. The van der Waals surface area contributed by atoms with Crippen molar-refractivity contribution in [2.45, 2.75) is 20.4 Å². The fourth-order valence-corrected chi connectivity index (χ4v) is 2.21. The SMILES string of the molecule is COc1cccc(CNc2c(C)c(C)nc3ncnn23)c1. The lowest BCUT2D eigenvalue weighted by molar-refractivity contribution is 0.414. The Morgan fingerprint density at radius 3 is 2.95 bits per heavy atom. The fraction of sp³-hybridized carbons (Fsp3) is 0.267. The van der Waals surface area contributed by atoms with E-state index >= 15 is 0 Å². The van der Waals surface area contributed by atoms with Crippen LogP contribution in [0.5, 0.6) is 5.75 Å². The maximum absolute atomic E-state index is 5.24. The second kappa shape index (κ2) is 5.40. The van der Waals surface area contributed by atoms with Crippen molar-refractivity contribution in [2.24, 2.45) is 0 Å². The molecular weight excluding hydrogens is 266 g/mol. The van der Waals surface area contributed by atoms with E-state index in [1.54, 1.807) is 11.6 Å². The van der Waals surface area contributed by atoms with Crippen molar-refractivity contribution >= 4 is 11.6 Å². The Morgan fingerprint density at radius 1 is 1.29 bits per heavy atom. The summed E-state index contributed by atoms with van der Waals surface area (Å²) in [5.41, 5.74) is 3.15. The van der Waals surface area contributed by atoms with Crippen molar-refractivity contribution in [3.05, 3.63) is 47.4 Å². The maximum Gasteiger partial charge on any atom is 0.254 e. The van der Waals surface area contributed by atoms with E-state index in [0.717, 1.165) is 28.4 Å². The lowest BCUT2D eigenvalue weighted by Gasteiger charge is -2.13. The third kappa shape index (κ3) is 2.52. The molecule has 3 rings (SSSR count). The number of fused-ring (bicyclic) bond motifs is 1. The first kappa shape index (κ1) is 13.4. The summed E-state index contributed by atoms with van der Waals surface area (Å²) >= 11 is 0. The monoisotopic (exact) mass is 283 g/mol. The van der Waals surface area contributed by atoms with E-state index in [0.29, 0.717) is 12.3 Å². The summed E-state index contributed by atoms with van der Waals surface area (Å²) in [6, 6.07) is 7.97. The van der Waals surface area contributed by atoms with Crippen LogP contribution in [0, 0.1) is 13.8 Å². The first-order valence-electron chi connectivity index (χ1n) is 6.73. The molecule has 0 fully saturated rings. The predicted molar refractivity (Wildman–Crippen MR) is 80.6 cm³/mol. The Balaban J connectivity index is 1.91. The highest BCUT2D eigenvalue weighted by molar-refractivity contribution is 5.52. The molecule has 21 heavy (non-hydrogen) atoms. The molecule has 2 heterocycles. The molecule has 0 aliphatic heterocycles. The first-order chi connectivity index (χ1) is 10.2. The predicted octanol–water partition coefficient (Wildman–Crippen LogP) is 2.36. The van der Waals surface area contributed by atoms with E-state index < -0.39 is 0 Å². The smallest absolute Gasteiger partial charge is 0.254 e. The largest absolute Gasteiger partial charge is 0.497 e. The minimum absolute atomic E-state index is 0.603. The van der Waals surface area contributed by atoms with Gasteiger partial charge in [0.05, 0.1) is 7.11 Å². The molecule has 6 heteroatoms. The normalized spacial score (nSPS) is 10.8. The summed E-state index contributed by atoms with van der Waals surface area (Å²) in [4.78, 5) is 8.55. The summed E-state index contributed by atoms with van der Waals surface area (Å²) in [5, 5.41) is 7.64. The van der Waals surface area contributed by atoms with E-state index in [-0.39, 0.29) is 0 Å². The summed E-state index contributed by atoms with van der Waals surface area (Å²) in [7, 11) is 1.67. The second-order valence-electron chi connectivity index (χ2n) is 4.85. The van der Waals surface area contributed by atoms with Crippen molar-refractivity contribution in [1.82, 2.24) is 19.6 Å². The zero-order valence-corrected chi connectivity index (χ0v) is 12.3. The van der Waals surface area contributed by atoms with E-state index in [9.17, 15) is 0 Å². The van der Waals surface area contributed by atoms with Gasteiger partial charge in [0.15, 0.2) is 0 Å². The van der Waals surface area contributed by atoms with Gasteiger partial charge in [-0.3, -0.25) is 0 Å². The molecule has 0 saturated carbocycles. The lowest BCUT2D eigenvalue weighted by atomic mass is 10.2. The number of aryl methyl sites for hydroxylation is 1. The highest BCUT2D eigenvalue weighted by Crippen LogP contribution is 2.19. The Bertz CT molecular complexity index is 781. The minimum Gasteiger partial charge on any atom is -0.497 e. The van der Waals surface area contributed by atoms with Gasteiger partial charge >= 0.3 is 0 Å². The number of ether oxygens (including phenoxy) is 1. The van der Waals surface area contributed by atoms with Gasteiger partial charge in [0.1, 0.15) is 17.9 Å². The zero-order valence-electron chi connectivity index (χ0n) is 12.3. The Kier molecular flexibility index (Phi) is 3.43. The molecule has 108 valence electrons. The molecule has 1 aromatic carbocycles. The van der Waals surface area contributed by atoms with Crippen LogP contribution in [-0.4, -0.2) is 26.7 Å². The van der Waals surface area contributed by atoms with Gasteiger partial charge < -0.3 is 10.1 Å².